The number of amides is 1. The summed E-state index contributed by atoms with van der Waals surface area (Å²) in [6, 6.07) is 0. The molecule has 4 nitrogen and oxygen atoms in total. The maximum Gasteiger partial charge on any atom is 0.227 e. The molecule has 1 unspecified atom stereocenters. The summed E-state index contributed by atoms with van der Waals surface area (Å²) in [7, 11) is 0. The van der Waals surface area contributed by atoms with Gasteiger partial charge in [0.05, 0.1) is 12.0 Å². The zero-order valence-corrected chi connectivity index (χ0v) is 10.0. The Hall–Kier alpha value is -0.610. The molecular weight excluding hydrogens is 204 g/mol. The minimum Gasteiger partial charge on any atom is -0.396 e. The Kier molecular flexibility index (Phi) is 3.22. The van der Waals surface area contributed by atoms with E-state index in [1.54, 1.807) is 0 Å². The van der Waals surface area contributed by atoms with Crippen LogP contribution in [0.15, 0.2) is 0 Å². The molecule has 0 aromatic heterocycles. The molecular formula is C12H22N2O2. The van der Waals surface area contributed by atoms with Gasteiger partial charge in [-0.05, 0) is 32.2 Å². The smallest absolute Gasteiger partial charge is 0.227 e. The second kappa shape index (κ2) is 4.34. The minimum atomic E-state index is -0.203. The molecule has 0 spiro atoms. The Morgan fingerprint density at radius 1 is 1.44 bits per heavy atom. The van der Waals surface area contributed by atoms with Gasteiger partial charge < -0.3 is 15.7 Å². The highest BCUT2D eigenvalue weighted by molar-refractivity contribution is 5.83. The fourth-order valence-electron chi connectivity index (χ4n) is 2.42. The summed E-state index contributed by atoms with van der Waals surface area (Å²) in [5.74, 6) is 0.166. The topological polar surface area (TPSA) is 61.4 Å². The Morgan fingerprint density at radius 2 is 2.19 bits per heavy atom. The van der Waals surface area contributed by atoms with Crippen LogP contribution in [0.25, 0.3) is 0 Å². The summed E-state index contributed by atoms with van der Waals surface area (Å²) < 4.78 is 0. The van der Waals surface area contributed by atoms with Crippen molar-refractivity contribution in [3.8, 4) is 0 Å². The number of hydrogen-bond acceptors (Lipinski definition) is 3. The average molecular weight is 226 g/mol. The molecule has 1 amide bonds. The highest BCUT2D eigenvalue weighted by atomic mass is 16.3. The molecule has 0 radical (unpaired) electrons. The third-order valence-corrected chi connectivity index (χ3v) is 4.32. The van der Waals surface area contributed by atoms with Crippen molar-refractivity contribution in [3.63, 3.8) is 0 Å². The van der Waals surface area contributed by atoms with E-state index in [2.05, 4.69) is 17.6 Å². The zero-order chi connectivity index (χ0) is 11.6. The Morgan fingerprint density at radius 3 is 2.62 bits per heavy atom. The zero-order valence-electron chi connectivity index (χ0n) is 10.0. The van der Waals surface area contributed by atoms with Gasteiger partial charge in [0.15, 0.2) is 0 Å². The maximum atomic E-state index is 12.2. The van der Waals surface area contributed by atoms with Gasteiger partial charge in [0.25, 0.3) is 0 Å². The summed E-state index contributed by atoms with van der Waals surface area (Å²) in [5.41, 5.74) is -0.192. The molecule has 1 saturated heterocycles. The summed E-state index contributed by atoms with van der Waals surface area (Å²) >= 11 is 0. The van der Waals surface area contributed by atoms with Crippen LogP contribution >= 0.6 is 0 Å². The van der Waals surface area contributed by atoms with Gasteiger partial charge in [0.2, 0.25) is 5.91 Å². The third kappa shape index (κ3) is 2.09. The quantitative estimate of drug-likeness (QED) is 0.630. The highest BCUT2D eigenvalue weighted by Gasteiger charge is 2.44. The normalized spacial score (nSPS) is 31.4. The van der Waals surface area contributed by atoms with Crippen LogP contribution in [0.1, 0.15) is 32.6 Å². The lowest BCUT2D eigenvalue weighted by atomic mass is 9.83. The summed E-state index contributed by atoms with van der Waals surface area (Å²) in [6.45, 7) is 4.65. The lowest BCUT2D eigenvalue weighted by Crippen LogP contribution is -2.44. The number of carbonyl (C=O) groups is 1. The van der Waals surface area contributed by atoms with E-state index in [9.17, 15) is 9.90 Å². The number of nitrogens with one attached hydrogen (secondary N) is 2. The van der Waals surface area contributed by atoms with Crippen LogP contribution in [0.2, 0.25) is 0 Å². The van der Waals surface area contributed by atoms with Crippen LogP contribution in [-0.2, 0) is 4.79 Å². The van der Waals surface area contributed by atoms with E-state index in [-0.39, 0.29) is 23.3 Å². The largest absolute Gasteiger partial charge is 0.396 e. The molecule has 16 heavy (non-hydrogen) atoms. The van der Waals surface area contributed by atoms with Gasteiger partial charge in [0.1, 0.15) is 0 Å². The van der Waals surface area contributed by atoms with Gasteiger partial charge in [-0.15, -0.1) is 0 Å². The molecule has 0 aromatic carbocycles. The van der Waals surface area contributed by atoms with Crippen LogP contribution in [-0.4, -0.2) is 37.3 Å². The van der Waals surface area contributed by atoms with Crippen molar-refractivity contribution in [2.75, 3.05) is 26.2 Å². The molecule has 4 heteroatoms. The first-order valence-electron chi connectivity index (χ1n) is 6.26. The number of rotatable bonds is 5. The summed E-state index contributed by atoms with van der Waals surface area (Å²) in [5, 5.41) is 15.5. The molecule has 3 N–H and O–H groups in total. The predicted octanol–water partition coefficient (Wildman–Crippen LogP) is 0.265. The number of hydrogen-bond donors (Lipinski definition) is 3. The van der Waals surface area contributed by atoms with Crippen molar-refractivity contribution in [1.29, 1.82) is 0 Å². The molecule has 2 fully saturated rings. The van der Waals surface area contributed by atoms with Crippen LogP contribution in [0, 0.1) is 10.8 Å². The Bertz CT molecular complexity index is 268. The first-order chi connectivity index (χ1) is 7.66. The fourth-order valence-corrected chi connectivity index (χ4v) is 2.42. The van der Waals surface area contributed by atoms with E-state index in [1.807, 2.05) is 0 Å². The van der Waals surface area contributed by atoms with Crippen LogP contribution < -0.4 is 10.6 Å². The van der Waals surface area contributed by atoms with E-state index in [4.69, 9.17) is 0 Å². The Balaban J connectivity index is 1.87. The van der Waals surface area contributed by atoms with Crippen molar-refractivity contribution < 1.29 is 9.90 Å². The lowest BCUT2D eigenvalue weighted by molar-refractivity contribution is -0.130. The molecule has 1 heterocycles. The minimum absolute atomic E-state index is 0.0105. The Labute approximate surface area is 96.8 Å². The van der Waals surface area contributed by atoms with E-state index >= 15 is 0 Å². The molecule has 1 atom stereocenters. The first-order valence-corrected chi connectivity index (χ1v) is 6.26. The number of aliphatic hydroxyl groups is 1. The molecule has 2 rings (SSSR count). The lowest BCUT2D eigenvalue weighted by Gasteiger charge is -2.26. The van der Waals surface area contributed by atoms with Crippen LogP contribution in [0.5, 0.6) is 0 Å². The first kappa shape index (κ1) is 11.9. The molecule has 0 bridgehead atoms. The van der Waals surface area contributed by atoms with Gasteiger partial charge >= 0.3 is 0 Å². The molecule has 1 aliphatic carbocycles. The predicted molar refractivity (Wildman–Crippen MR) is 62.0 cm³/mol. The SMILES string of the molecule is CCC1(C(=O)NCC2(CO)CC2)CCNC1. The molecule has 1 saturated carbocycles. The van der Waals surface area contributed by atoms with E-state index in [1.165, 1.54) is 0 Å². The maximum absolute atomic E-state index is 12.2. The molecule has 0 aromatic rings. The highest BCUT2D eigenvalue weighted by Crippen LogP contribution is 2.44. The van der Waals surface area contributed by atoms with Crippen molar-refractivity contribution >= 4 is 5.91 Å². The number of carbonyl (C=O) groups excluding carboxylic acids is 1. The van der Waals surface area contributed by atoms with E-state index < -0.39 is 0 Å². The van der Waals surface area contributed by atoms with Gasteiger partial charge in [0, 0.05) is 18.5 Å². The molecule has 2 aliphatic rings. The second-order valence-electron chi connectivity index (χ2n) is 5.40. The van der Waals surface area contributed by atoms with Crippen LogP contribution in [0.4, 0.5) is 0 Å². The van der Waals surface area contributed by atoms with Gasteiger partial charge in [-0.1, -0.05) is 6.92 Å². The van der Waals surface area contributed by atoms with Crippen molar-refractivity contribution in [2.45, 2.75) is 32.6 Å². The number of aliphatic hydroxyl groups excluding tert-OH is 1. The monoisotopic (exact) mass is 226 g/mol. The van der Waals surface area contributed by atoms with Gasteiger partial charge in [-0.3, -0.25) is 4.79 Å². The fraction of sp³-hybridized carbons (Fsp3) is 0.917. The van der Waals surface area contributed by atoms with Crippen molar-refractivity contribution in [1.82, 2.24) is 10.6 Å². The average Bonchev–Trinajstić information content (AvgIpc) is 2.94. The third-order valence-electron chi connectivity index (χ3n) is 4.32. The van der Waals surface area contributed by atoms with Crippen molar-refractivity contribution in [3.05, 3.63) is 0 Å². The van der Waals surface area contributed by atoms with Gasteiger partial charge in [-0.25, -0.2) is 0 Å². The summed E-state index contributed by atoms with van der Waals surface area (Å²) in [6.07, 6.45) is 3.90. The standard InChI is InChI=1S/C12H22N2O2/c1-2-12(5-6-13-8-12)10(16)14-7-11(9-15)3-4-11/h13,15H,2-9H2,1H3,(H,14,16). The molecule has 92 valence electrons. The van der Waals surface area contributed by atoms with E-state index in [0.29, 0.717) is 6.54 Å². The van der Waals surface area contributed by atoms with Crippen LogP contribution in [0.3, 0.4) is 0 Å². The van der Waals surface area contributed by atoms with Crippen molar-refractivity contribution in [2.24, 2.45) is 10.8 Å². The van der Waals surface area contributed by atoms with Gasteiger partial charge in [-0.2, -0.15) is 0 Å². The second-order valence-corrected chi connectivity index (χ2v) is 5.40. The molecule has 1 aliphatic heterocycles. The summed E-state index contributed by atoms with van der Waals surface area (Å²) in [4.78, 5) is 12.2. The van der Waals surface area contributed by atoms with E-state index in [0.717, 1.165) is 38.8 Å².